The van der Waals surface area contributed by atoms with Gasteiger partial charge in [0.15, 0.2) is 11.6 Å². The topological polar surface area (TPSA) is 56.6 Å². The van der Waals surface area contributed by atoms with Gasteiger partial charge < -0.3 is 18.9 Å². The van der Waals surface area contributed by atoms with Crippen LogP contribution in [-0.2, 0) is 11.2 Å². The molecule has 1 fully saturated rings. The standard InChI is InChI=1S/C26H28FN3O3/c1-18-16-30(17-28-18)23-8-6-20(15-25(23)33-3)13-21-5-4-11-29(26(21)31)12-10-19-7-9-24(32-2)22(27)14-19/h6-9,13-17H,4-5,10-12H2,1-3H3. The molecule has 0 bridgehead atoms. The Bertz CT molecular complexity index is 1190. The summed E-state index contributed by atoms with van der Waals surface area (Å²) in [5.41, 5.74) is 4.34. The number of benzene rings is 2. The second-order valence-corrected chi connectivity index (χ2v) is 8.14. The first-order valence-corrected chi connectivity index (χ1v) is 11.0. The van der Waals surface area contributed by atoms with Crippen LogP contribution in [0, 0.1) is 12.7 Å². The molecule has 1 saturated heterocycles. The highest BCUT2D eigenvalue weighted by Crippen LogP contribution is 2.27. The molecule has 2 aromatic carbocycles. The van der Waals surface area contributed by atoms with Crippen molar-refractivity contribution in [1.29, 1.82) is 0 Å². The molecule has 7 heteroatoms. The molecule has 1 aliphatic rings. The van der Waals surface area contributed by atoms with E-state index < -0.39 is 0 Å². The Morgan fingerprint density at radius 3 is 2.64 bits per heavy atom. The van der Waals surface area contributed by atoms with Crippen molar-refractivity contribution in [3.63, 3.8) is 0 Å². The Kier molecular flexibility index (Phi) is 6.77. The van der Waals surface area contributed by atoms with Crippen LogP contribution in [0.15, 0.2) is 54.5 Å². The Morgan fingerprint density at radius 1 is 1.12 bits per heavy atom. The minimum absolute atomic E-state index is 0.0310. The van der Waals surface area contributed by atoms with Crippen LogP contribution in [0.4, 0.5) is 4.39 Å². The van der Waals surface area contributed by atoms with Crippen molar-refractivity contribution in [2.24, 2.45) is 0 Å². The number of aromatic nitrogens is 2. The van der Waals surface area contributed by atoms with Crippen LogP contribution in [0.3, 0.4) is 0 Å². The van der Waals surface area contributed by atoms with Gasteiger partial charge in [-0.05, 0) is 67.7 Å². The highest BCUT2D eigenvalue weighted by molar-refractivity contribution is 5.98. The monoisotopic (exact) mass is 449 g/mol. The predicted octanol–water partition coefficient (Wildman–Crippen LogP) is 4.59. The molecule has 1 aliphatic heterocycles. The molecular weight excluding hydrogens is 421 g/mol. The van der Waals surface area contributed by atoms with E-state index in [9.17, 15) is 9.18 Å². The summed E-state index contributed by atoms with van der Waals surface area (Å²) in [5, 5.41) is 0. The molecule has 33 heavy (non-hydrogen) atoms. The number of imidazole rings is 1. The summed E-state index contributed by atoms with van der Waals surface area (Å²) in [7, 11) is 3.08. The molecule has 0 saturated carbocycles. The van der Waals surface area contributed by atoms with Crippen molar-refractivity contribution in [3.8, 4) is 17.2 Å². The van der Waals surface area contributed by atoms with E-state index in [1.807, 2.05) is 52.9 Å². The molecule has 1 aromatic heterocycles. The first-order chi connectivity index (χ1) is 16.0. The van der Waals surface area contributed by atoms with Gasteiger partial charge in [-0.25, -0.2) is 9.37 Å². The fourth-order valence-corrected chi connectivity index (χ4v) is 4.10. The summed E-state index contributed by atoms with van der Waals surface area (Å²) in [6.07, 6.45) is 7.85. The van der Waals surface area contributed by atoms with E-state index >= 15 is 0 Å². The number of amides is 1. The normalized spacial score (nSPS) is 15.2. The van der Waals surface area contributed by atoms with Gasteiger partial charge in [0.1, 0.15) is 5.75 Å². The van der Waals surface area contributed by atoms with Crippen LogP contribution in [-0.4, -0.2) is 47.7 Å². The van der Waals surface area contributed by atoms with E-state index in [1.165, 1.54) is 13.2 Å². The quantitative estimate of drug-likeness (QED) is 0.495. The summed E-state index contributed by atoms with van der Waals surface area (Å²) in [6, 6.07) is 10.8. The van der Waals surface area contributed by atoms with Gasteiger partial charge in [0, 0.05) is 24.9 Å². The lowest BCUT2D eigenvalue weighted by atomic mass is 10.00. The number of methoxy groups -OCH3 is 2. The number of carbonyl (C=O) groups is 1. The number of halogens is 1. The third kappa shape index (κ3) is 5.08. The van der Waals surface area contributed by atoms with E-state index in [1.54, 1.807) is 19.5 Å². The van der Waals surface area contributed by atoms with Gasteiger partial charge in [-0.15, -0.1) is 0 Å². The zero-order valence-corrected chi connectivity index (χ0v) is 19.2. The minimum atomic E-state index is -0.385. The van der Waals surface area contributed by atoms with E-state index in [-0.39, 0.29) is 17.5 Å². The van der Waals surface area contributed by atoms with Crippen molar-refractivity contribution in [3.05, 3.63) is 77.1 Å². The molecule has 2 heterocycles. The average molecular weight is 450 g/mol. The molecule has 172 valence electrons. The molecule has 0 atom stereocenters. The number of carbonyl (C=O) groups excluding carboxylic acids is 1. The Balaban J connectivity index is 1.48. The van der Waals surface area contributed by atoms with Crippen LogP contribution >= 0.6 is 0 Å². The van der Waals surface area contributed by atoms with Gasteiger partial charge in [0.25, 0.3) is 0 Å². The summed E-state index contributed by atoms with van der Waals surface area (Å²) in [4.78, 5) is 19.2. The zero-order valence-electron chi connectivity index (χ0n) is 19.2. The van der Waals surface area contributed by atoms with Crippen molar-refractivity contribution in [2.75, 3.05) is 27.3 Å². The molecule has 6 nitrogen and oxygen atoms in total. The number of aryl methyl sites for hydroxylation is 1. The highest BCUT2D eigenvalue weighted by Gasteiger charge is 2.23. The maximum atomic E-state index is 14.0. The van der Waals surface area contributed by atoms with Gasteiger partial charge in [-0.3, -0.25) is 4.79 Å². The Hall–Kier alpha value is -3.61. The van der Waals surface area contributed by atoms with Crippen LogP contribution in [0.2, 0.25) is 0 Å². The molecule has 0 radical (unpaired) electrons. The SMILES string of the molecule is COc1ccc(CCN2CCCC(=Cc3ccc(-n4cnc(C)c4)c(OC)c3)C2=O)cc1F. The number of hydrogen-bond donors (Lipinski definition) is 0. The molecule has 1 amide bonds. The van der Waals surface area contributed by atoms with Crippen molar-refractivity contribution < 1.29 is 18.7 Å². The molecule has 4 rings (SSSR count). The van der Waals surface area contributed by atoms with Gasteiger partial charge in [0.2, 0.25) is 5.91 Å². The van der Waals surface area contributed by atoms with Crippen LogP contribution < -0.4 is 9.47 Å². The van der Waals surface area contributed by atoms with E-state index in [4.69, 9.17) is 9.47 Å². The lowest BCUT2D eigenvalue weighted by Gasteiger charge is -2.28. The van der Waals surface area contributed by atoms with Gasteiger partial charge in [-0.1, -0.05) is 12.1 Å². The lowest BCUT2D eigenvalue weighted by molar-refractivity contribution is -0.128. The summed E-state index contributed by atoms with van der Waals surface area (Å²) in [6.45, 7) is 3.19. The molecule has 0 aliphatic carbocycles. The second-order valence-electron chi connectivity index (χ2n) is 8.14. The number of rotatable bonds is 7. The third-order valence-electron chi connectivity index (χ3n) is 5.86. The van der Waals surface area contributed by atoms with E-state index in [2.05, 4.69) is 4.98 Å². The van der Waals surface area contributed by atoms with Crippen LogP contribution in [0.1, 0.15) is 29.7 Å². The predicted molar refractivity (Wildman–Crippen MR) is 125 cm³/mol. The number of nitrogens with zero attached hydrogens (tertiary/aromatic N) is 3. The Morgan fingerprint density at radius 2 is 1.94 bits per heavy atom. The maximum absolute atomic E-state index is 14.0. The van der Waals surface area contributed by atoms with Gasteiger partial charge in [-0.2, -0.15) is 0 Å². The molecule has 0 unspecified atom stereocenters. The molecule has 0 N–H and O–H groups in total. The van der Waals surface area contributed by atoms with Crippen LogP contribution in [0.5, 0.6) is 11.5 Å². The fraction of sp³-hybridized carbons (Fsp3) is 0.308. The smallest absolute Gasteiger partial charge is 0.249 e. The van der Waals surface area contributed by atoms with E-state index in [0.717, 1.165) is 40.9 Å². The minimum Gasteiger partial charge on any atom is -0.495 e. The fourth-order valence-electron chi connectivity index (χ4n) is 4.10. The van der Waals surface area contributed by atoms with Crippen LogP contribution in [0.25, 0.3) is 11.8 Å². The summed E-state index contributed by atoms with van der Waals surface area (Å²) in [5.74, 6) is 0.582. The third-order valence-corrected chi connectivity index (χ3v) is 5.86. The summed E-state index contributed by atoms with van der Waals surface area (Å²) < 4.78 is 26.4. The number of ether oxygens (including phenoxy) is 2. The Labute approximate surface area is 193 Å². The zero-order chi connectivity index (χ0) is 23.4. The number of likely N-dealkylation sites (tertiary alicyclic amines) is 1. The summed E-state index contributed by atoms with van der Waals surface area (Å²) >= 11 is 0. The lowest BCUT2D eigenvalue weighted by Crippen LogP contribution is -2.38. The van der Waals surface area contributed by atoms with Crippen molar-refractivity contribution in [1.82, 2.24) is 14.5 Å². The average Bonchev–Trinajstić information content (AvgIpc) is 3.25. The first kappa shape index (κ1) is 22.6. The number of hydrogen-bond acceptors (Lipinski definition) is 4. The van der Waals surface area contributed by atoms with Crippen molar-refractivity contribution in [2.45, 2.75) is 26.2 Å². The second kappa shape index (κ2) is 9.90. The van der Waals surface area contributed by atoms with Gasteiger partial charge >= 0.3 is 0 Å². The number of piperidine rings is 1. The maximum Gasteiger partial charge on any atom is 0.249 e. The largest absolute Gasteiger partial charge is 0.495 e. The molecule has 3 aromatic rings. The highest BCUT2D eigenvalue weighted by atomic mass is 19.1. The molecule has 0 spiro atoms. The molecular formula is C26H28FN3O3. The first-order valence-electron chi connectivity index (χ1n) is 11.0. The van der Waals surface area contributed by atoms with E-state index in [0.29, 0.717) is 25.3 Å². The van der Waals surface area contributed by atoms with Crippen molar-refractivity contribution >= 4 is 12.0 Å². The van der Waals surface area contributed by atoms with Gasteiger partial charge in [0.05, 0.1) is 31.9 Å².